The standard InChI is InChI=1S/C18H14N6O3S2/c19-16(26)15(25)12(7-9-8-21-18-10(9)4-6-28-18)22-17(27)14-13(23-29-24-14)11-3-1-2-5-20-11/h1-6,8,12,21H,7H2,(H2,19,26)(H,22,27). The second-order valence-electron chi connectivity index (χ2n) is 6.11. The fourth-order valence-corrected chi connectivity index (χ4v) is 4.26. The van der Waals surface area contributed by atoms with Crippen molar-refractivity contribution in [1.82, 2.24) is 24.0 Å². The number of ketones is 1. The molecule has 0 radical (unpaired) electrons. The van der Waals surface area contributed by atoms with E-state index in [0.717, 1.165) is 27.5 Å². The molecule has 4 aromatic rings. The van der Waals surface area contributed by atoms with Crippen molar-refractivity contribution in [3.8, 4) is 11.4 Å². The maximum absolute atomic E-state index is 12.8. The lowest BCUT2D eigenvalue weighted by molar-refractivity contribution is -0.137. The third-order valence-corrected chi connectivity index (χ3v) is 5.66. The Morgan fingerprint density at radius 2 is 2.07 bits per heavy atom. The number of hydrogen-bond acceptors (Lipinski definition) is 8. The molecular weight excluding hydrogens is 412 g/mol. The second-order valence-corrected chi connectivity index (χ2v) is 7.56. The van der Waals surface area contributed by atoms with Crippen molar-refractivity contribution in [2.24, 2.45) is 5.73 Å². The van der Waals surface area contributed by atoms with E-state index in [0.29, 0.717) is 11.4 Å². The number of hydrogen-bond donors (Lipinski definition) is 3. The van der Waals surface area contributed by atoms with Gasteiger partial charge in [0.05, 0.1) is 22.3 Å². The maximum atomic E-state index is 12.8. The number of aromatic amines is 1. The van der Waals surface area contributed by atoms with E-state index in [4.69, 9.17) is 5.73 Å². The molecule has 11 heteroatoms. The molecule has 4 aromatic heterocycles. The van der Waals surface area contributed by atoms with Crippen LogP contribution in [-0.4, -0.2) is 42.4 Å². The van der Waals surface area contributed by atoms with Gasteiger partial charge in [-0.25, -0.2) is 0 Å². The van der Waals surface area contributed by atoms with Crippen molar-refractivity contribution in [2.45, 2.75) is 12.5 Å². The Morgan fingerprint density at radius 3 is 2.83 bits per heavy atom. The number of rotatable bonds is 7. The fraction of sp³-hybridized carbons (Fsp3) is 0.111. The lowest BCUT2D eigenvalue weighted by Gasteiger charge is -2.15. The monoisotopic (exact) mass is 426 g/mol. The van der Waals surface area contributed by atoms with E-state index in [-0.39, 0.29) is 12.1 Å². The Kier molecular flexibility index (Phi) is 5.14. The number of fused-ring (bicyclic) bond motifs is 1. The Bertz CT molecular complexity index is 1200. The van der Waals surface area contributed by atoms with E-state index in [1.807, 2.05) is 11.4 Å². The smallest absolute Gasteiger partial charge is 0.287 e. The van der Waals surface area contributed by atoms with Gasteiger partial charge < -0.3 is 16.0 Å². The average molecular weight is 426 g/mol. The summed E-state index contributed by atoms with van der Waals surface area (Å²) < 4.78 is 8.17. The molecule has 0 saturated carbocycles. The van der Waals surface area contributed by atoms with Gasteiger partial charge in [-0.2, -0.15) is 8.75 Å². The largest absolute Gasteiger partial charge is 0.363 e. The summed E-state index contributed by atoms with van der Waals surface area (Å²) in [6, 6.07) is 5.99. The minimum atomic E-state index is -1.13. The summed E-state index contributed by atoms with van der Waals surface area (Å²) in [4.78, 5) is 44.9. The van der Waals surface area contributed by atoms with E-state index < -0.39 is 23.6 Å². The molecule has 146 valence electrons. The fourth-order valence-electron chi connectivity index (χ4n) is 2.91. The van der Waals surface area contributed by atoms with Gasteiger partial charge in [0.25, 0.3) is 11.8 Å². The van der Waals surface area contributed by atoms with Crippen LogP contribution in [0.5, 0.6) is 0 Å². The first-order valence-corrected chi connectivity index (χ1v) is 10.1. The van der Waals surface area contributed by atoms with Crippen LogP contribution < -0.4 is 11.1 Å². The van der Waals surface area contributed by atoms with Crippen LogP contribution in [0.25, 0.3) is 21.6 Å². The zero-order valence-electron chi connectivity index (χ0n) is 14.8. The molecule has 0 spiro atoms. The van der Waals surface area contributed by atoms with Gasteiger partial charge >= 0.3 is 0 Å². The van der Waals surface area contributed by atoms with Gasteiger partial charge in [0.2, 0.25) is 5.78 Å². The first kappa shape index (κ1) is 18.9. The summed E-state index contributed by atoms with van der Waals surface area (Å²) in [6.45, 7) is 0. The first-order chi connectivity index (χ1) is 14.0. The second kappa shape index (κ2) is 7.89. The topological polar surface area (TPSA) is 144 Å². The van der Waals surface area contributed by atoms with Gasteiger partial charge in [0, 0.05) is 24.2 Å². The number of aromatic nitrogens is 4. The van der Waals surface area contributed by atoms with Crippen LogP contribution in [0.2, 0.25) is 0 Å². The highest BCUT2D eigenvalue weighted by Crippen LogP contribution is 2.25. The Balaban J connectivity index is 1.61. The predicted octanol–water partition coefficient (Wildman–Crippen LogP) is 1.54. The van der Waals surface area contributed by atoms with E-state index in [1.165, 1.54) is 11.3 Å². The molecule has 0 aromatic carbocycles. The van der Waals surface area contributed by atoms with Gasteiger partial charge in [-0.1, -0.05) is 6.07 Å². The molecule has 0 saturated heterocycles. The first-order valence-electron chi connectivity index (χ1n) is 8.46. The Hall–Kier alpha value is -3.44. The summed E-state index contributed by atoms with van der Waals surface area (Å²) in [5, 5.41) is 5.42. The number of primary amides is 1. The molecule has 4 heterocycles. The molecule has 2 amide bonds. The SMILES string of the molecule is NC(=O)C(=O)C(Cc1c[nH]c2sccc12)NC(=O)c1nsnc1-c1ccccn1. The summed E-state index contributed by atoms with van der Waals surface area (Å²) in [6.07, 6.45) is 3.44. The van der Waals surface area contributed by atoms with Crippen LogP contribution in [0.4, 0.5) is 0 Å². The number of H-pyrrole nitrogens is 1. The zero-order chi connectivity index (χ0) is 20.4. The van der Waals surface area contributed by atoms with Crippen LogP contribution in [0.1, 0.15) is 16.1 Å². The van der Waals surface area contributed by atoms with Crippen molar-refractivity contribution >= 4 is 50.9 Å². The molecular formula is C18H14N6O3S2. The van der Waals surface area contributed by atoms with E-state index >= 15 is 0 Å². The lowest BCUT2D eigenvalue weighted by atomic mass is 10.0. The number of carbonyl (C=O) groups is 3. The average Bonchev–Trinajstić information content (AvgIpc) is 3.45. The highest BCUT2D eigenvalue weighted by atomic mass is 32.1. The highest BCUT2D eigenvalue weighted by molar-refractivity contribution is 7.16. The molecule has 1 atom stereocenters. The summed E-state index contributed by atoms with van der Waals surface area (Å²) in [5.41, 5.74) is 6.81. The highest BCUT2D eigenvalue weighted by Gasteiger charge is 2.29. The number of nitrogens with zero attached hydrogens (tertiary/aromatic N) is 3. The summed E-state index contributed by atoms with van der Waals surface area (Å²) in [5.74, 6) is -2.63. The van der Waals surface area contributed by atoms with Crippen LogP contribution in [0, 0.1) is 0 Å². The molecule has 29 heavy (non-hydrogen) atoms. The number of thiophene rings is 1. The number of nitrogens with one attached hydrogen (secondary N) is 2. The quantitative estimate of drug-likeness (QED) is 0.382. The van der Waals surface area contributed by atoms with Gasteiger partial charge in [-0.15, -0.1) is 11.3 Å². The normalized spacial score (nSPS) is 12.0. The van der Waals surface area contributed by atoms with Crippen molar-refractivity contribution in [2.75, 3.05) is 0 Å². The van der Waals surface area contributed by atoms with Gasteiger partial charge in [0.1, 0.15) is 11.7 Å². The van der Waals surface area contributed by atoms with Crippen LogP contribution in [-0.2, 0) is 16.0 Å². The van der Waals surface area contributed by atoms with Crippen molar-refractivity contribution in [1.29, 1.82) is 0 Å². The molecule has 0 aliphatic carbocycles. The van der Waals surface area contributed by atoms with Crippen LogP contribution in [0.3, 0.4) is 0 Å². The minimum Gasteiger partial charge on any atom is -0.363 e. The summed E-state index contributed by atoms with van der Waals surface area (Å²) in [7, 11) is 0. The minimum absolute atomic E-state index is 0.0331. The van der Waals surface area contributed by atoms with E-state index in [9.17, 15) is 14.4 Å². The number of pyridine rings is 1. The molecule has 9 nitrogen and oxygen atoms in total. The Labute approximate surface area is 172 Å². The van der Waals surface area contributed by atoms with Crippen molar-refractivity contribution in [3.05, 3.63) is 53.3 Å². The molecule has 0 aliphatic heterocycles. The molecule has 1 unspecified atom stereocenters. The molecule has 0 fully saturated rings. The van der Waals surface area contributed by atoms with Crippen LogP contribution in [0.15, 0.2) is 42.0 Å². The van der Waals surface area contributed by atoms with Crippen molar-refractivity contribution in [3.63, 3.8) is 0 Å². The number of nitrogens with two attached hydrogens (primary N) is 1. The third kappa shape index (κ3) is 3.77. The molecule has 4 N–H and O–H groups in total. The maximum Gasteiger partial charge on any atom is 0.287 e. The molecule has 0 aliphatic rings. The number of Topliss-reactive ketones (excluding diaryl/α,β-unsaturated/α-hetero) is 1. The number of amides is 2. The predicted molar refractivity (Wildman–Crippen MR) is 108 cm³/mol. The Morgan fingerprint density at radius 1 is 1.21 bits per heavy atom. The van der Waals surface area contributed by atoms with Gasteiger partial charge in [-0.3, -0.25) is 19.4 Å². The van der Waals surface area contributed by atoms with E-state index in [1.54, 1.807) is 30.6 Å². The molecule has 4 rings (SSSR count). The zero-order valence-corrected chi connectivity index (χ0v) is 16.4. The molecule has 0 bridgehead atoms. The van der Waals surface area contributed by atoms with Crippen LogP contribution >= 0.6 is 23.1 Å². The van der Waals surface area contributed by atoms with E-state index in [2.05, 4.69) is 24.0 Å². The lowest BCUT2D eigenvalue weighted by Crippen LogP contribution is -2.47. The summed E-state index contributed by atoms with van der Waals surface area (Å²) >= 11 is 2.38. The third-order valence-electron chi connectivity index (χ3n) is 4.29. The van der Waals surface area contributed by atoms with Gasteiger partial charge in [-0.05, 0) is 29.1 Å². The van der Waals surface area contributed by atoms with Crippen molar-refractivity contribution < 1.29 is 14.4 Å². The van der Waals surface area contributed by atoms with Gasteiger partial charge in [0.15, 0.2) is 5.69 Å². The number of carbonyl (C=O) groups excluding carboxylic acids is 3.